The number of methoxy groups -OCH3 is 1. The van der Waals surface area contributed by atoms with E-state index in [0.29, 0.717) is 106 Å². The minimum absolute atomic E-state index is 0.0294. The predicted octanol–water partition coefficient (Wildman–Crippen LogP) is 11.4. The molecular formula is C75H98N8O11S2. The molecule has 96 heavy (non-hydrogen) atoms. The Morgan fingerprint density at radius 2 is 1.29 bits per heavy atom. The van der Waals surface area contributed by atoms with Crippen LogP contribution in [0.5, 0.6) is 17.2 Å². The number of amides is 4. The van der Waals surface area contributed by atoms with E-state index in [1.807, 2.05) is 72.2 Å². The van der Waals surface area contributed by atoms with Gasteiger partial charge in [0.05, 0.1) is 39.0 Å². The summed E-state index contributed by atoms with van der Waals surface area (Å²) in [6.07, 6.45) is 8.12. The number of fused-ring (bicyclic) bond motifs is 8. The lowest BCUT2D eigenvalue weighted by molar-refractivity contribution is -0.133. The van der Waals surface area contributed by atoms with Crippen molar-refractivity contribution in [3.05, 3.63) is 141 Å². The molecule has 0 fully saturated rings. The van der Waals surface area contributed by atoms with E-state index in [-0.39, 0.29) is 84.7 Å². The summed E-state index contributed by atoms with van der Waals surface area (Å²) in [5.74, 6) is 0.573. The zero-order valence-corrected chi connectivity index (χ0v) is 58.9. The maximum Gasteiger partial charge on any atom is 0.258 e. The number of hydrogen-bond acceptors (Lipinski definition) is 15. The van der Waals surface area contributed by atoms with Gasteiger partial charge in [-0.2, -0.15) is 0 Å². The number of ketones is 2. The van der Waals surface area contributed by atoms with Gasteiger partial charge in [-0.25, -0.2) is 0 Å². The van der Waals surface area contributed by atoms with Crippen molar-refractivity contribution in [2.75, 3.05) is 73.6 Å². The Labute approximate surface area is 574 Å². The van der Waals surface area contributed by atoms with E-state index in [4.69, 9.17) is 35.2 Å². The molecule has 5 aromatic rings. The summed E-state index contributed by atoms with van der Waals surface area (Å²) < 4.78 is 31.3. The van der Waals surface area contributed by atoms with Gasteiger partial charge in [0.15, 0.2) is 29.0 Å². The molecule has 0 spiro atoms. The fourth-order valence-corrected chi connectivity index (χ4v) is 15.9. The Morgan fingerprint density at radius 3 is 1.91 bits per heavy atom. The average Bonchev–Trinajstić information content (AvgIpc) is 1.61. The Balaban J connectivity index is 0.907. The van der Waals surface area contributed by atoms with E-state index in [0.717, 1.165) is 89.2 Å². The molecule has 4 aliphatic heterocycles. The predicted molar refractivity (Wildman–Crippen MR) is 383 cm³/mol. The van der Waals surface area contributed by atoms with Crippen LogP contribution in [0.25, 0.3) is 0 Å². The number of ether oxygens (including phenoxy) is 5. The number of anilines is 3. The highest BCUT2D eigenvalue weighted by molar-refractivity contribution is 8.77. The van der Waals surface area contributed by atoms with E-state index in [1.54, 1.807) is 42.5 Å². The quantitative estimate of drug-likeness (QED) is 0.0125. The van der Waals surface area contributed by atoms with Crippen LogP contribution in [0.2, 0.25) is 0 Å². The smallest absolute Gasteiger partial charge is 0.258 e. The van der Waals surface area contributed by atoms with Crippen molar-refractivity contribution in [3.63, 3.8) is 0 Å². The topological polar surface area (TPSA) is 247 Å². The van der Waals surface area contributed by atoms with E-state index >= 15 is 0 Å². The largest absolute Gasteiger partial charge is 0.493 e. The second-order valence-electron chi connectivity index (χ2n) is 26.4. The Bertz CT molecular complexity index is 3600. The fraction of sp³-hybridized carbons (Fsp3) is 0.507. The summed E-state index contributed by atoms with van der Waals surface area (Å²) in [5.41, 5.74) is 22.3. The van der Waals surface area contributed by atoms with Crippen LogP contribution >= 0.6 is 21.6 Å². The molecule has 21 heteroatoms. The van der Waals surface area contributed by atoms with Gasteiger partial charge in [0.1, 0.15) is 19.0 Å². The van der Waals surface area contributed by atoms with Crippen molar-refractivity contribution >= 4 is 79.8 Å². The van der Waals surface area contributed by atoms with Crippen LogP contribution in [-0.4, -0.2) is 129 Å². The molecule has 9 rings (SSSR count). The van der Waals surface area contributed by atoms with Crippen molar-refractivity contribution < 1.29 is 52.5 Å². The van der Waals surface area contributed by atoms with Gasteiger partial charge in [-0.3, -0.25) is 33.8 Å². The number of guanidine groups is 1. The van der Waals surface area contributed by atoms with E-state index < -0.39 is 23.9 Å². The first-order valence-corrected chi connectivity index (χ1v) is 36.5. The molecule has 0 saturated carbocycles. The van der Waals surface area contributed by atoms with Crippen LogP contribution in [0.3, 0.4) is 0 Å². The number of nitrogens with two attached hydrogens (primary N) is 2. The number of Topliss-reactive ketones (excluding diaryl/α,β-unsaturated/α-hetero) is 2. The van der Waals surface area contributed by atoms with Gasteiger partial charge in [-0.05, 0) is 199 Å². The standard InChI is InChI=1S/C75H98N8O11S2/c1-9-17-70(86)79-50(5)66(85)41-57(20-15-28-78-74(76)77)71(87)80-49(4)65(84)23-16-34-95-96-75(6,7)47-81(29-31-92-33-32-91-30-10-2)60-37-51(45-93-67-42-53-24-26-58-39-55-18-11-13-21-63(55)82(58)72(88)61(53)35-48(67)3)36-52(38-60)46-94-69-43-54-25-27-59-40-56-19-12-14-22-64(56)83(59)73(89)62(54)44-68(69)90-8/h11-14,18-19,21-22,35-38,42-44,49-50,57-59H,9-10,15-17,20,23-34,39-41,45-47H2,1-8H3,(H,79,86)(H,80,87)(H4,76,77,78)/t49-,50-,57+,58-,59-/m1/s1. The highest BCUT2D eigenvalue weighted by Gasteiger charge is 2.40. The second kappa shape index (κ2) is 34.6. The van der Waals surface area contributed by atoms with Gasteiger partial charge < -0.3 is 60.5 Å². The maximum atomic E-state index is 14.4. The molecule has 4 heterocycles. The Kier molecular flexibility index (Phi) is 26.2. The first-order chi connectivity index (χ1) is 46.2. The van der Waals surface area contributed by atoms with Crippen molar-refractivity contribution in [3.8, 4) is 17.2 Å². The third-order valence-electron chi connectivity index (χ3n) is 18.3. The SMILES string of the molecule is CCCOCCOCCN(CC(C)(C)SSCCCC(=O)[C@@H](C)NC(=O)[C@@H](CCCN=C(N)N)CC(=O)[C@@H](C)NC(=O)CCC)c1cc(COc2cc3c(cc2C)C(=O)N2c4ccccc4C[C@H]2CC3)cc(COc2cc3c(cc2OC)C(=O)N2c4ccccc4C[C@H]2CC3)c1. The van der Waals surface area contributed by atoms with Gasteiger partial charge in [0.2, 0.25) is 11.8 Å². The summed E-state index contributed by atoms with van der Waals surface area (Å²) in [6, 6.07) is 29.3. The van der Waals surface area contributed by atoms with Crippen LogP contribution in [-0.2, 0) is 67.5 Å². The molecule has 5 aromatic carbocycles. The first kappa shape index (κ1) is 72.7. The zero-order chi connectivity index (χ0) is 68.5. The van der Waals surface area contributed by atoms with Gasteiger partial charge in [0, 0.05) is 102 Å². The van der Waals surface area contributed by atoms with E-state index in [2.05, 4.69) is 83.8 Å². The normalized spacial score (nSPS) is 16.3. The molecule has 6 N–H and O–H groups in total. The third-order valence-corrected chi connectivity index (χ3v) is 21.6. The summed E-state index contributed by atoms with van der Waals surface area (Å²) in [6.45, 7) is 17.6. The van der Waals surface area contributed by atoms with Gasteiger partial charge in [0.25, 0.3) is 11.8 Å². The molecule has 19 nitrogen and oxygen atoms in total. The number of carbonyl (C=O) groups is 6. The van der Waals surface area contributed by atoms with Gasteiger partial charge in [-0.1, -0.05) is 71.8 Å². The number of aryl methyl sites for hydroxylation is 3. The minimum atomic E-state index is -0.781. The lowest BCUT2D eigenvalue weighted by Gasteiger charge is -2.34. The Morgan fingerprint density at radius 1 is 0.698 bits per heavy atom. The molecule has 4 amide bonds. The molecule has 0 saturated heterocycles. The monoisotopic (exact) mass is 1350 g/mol. The molecule has 0 radical (unpaired) electrons. The van der Waals surface area contributed by atoms with Crippen LogP contribution in [0.4, 0.5) is 17.1 Å². The van der Waals surface area contributed by atoms with Crippen molar-refractivity contribution in [2.45, 2.75) is 180 Å². The molecule has 5 atom stereocenters. The number of carbonyl (C=O) groups excluding carboxylic acids is 6. The highest BCUT2D eigenvalue weighted by atomic mass is 33.1. The molecule has 0 aromatic heterocycles. The fourth-order valence-electron chi connectivity index (χ4n) is 13.3. The van der Waals surface area contributed by atoms with E-state index in [1.165, 1.54) is 11.1 Å². The number of hydrogen-bond donors (Lipinski definition) is 4. The number of benzene rings is 5. The lowest BCUT2D eigenvalue weighted by atomic mass is 9.93. The van der Waals surface area contributed by atoms with Crippen molar-refractivity contribution in [2.24, 2.45) is 22.4 Å². The van der Waals surface area contributed by atoms with Gasteiger partial charge in [-0.15, -0.1) is 0 Å². The highest BCUT2D eigenvalue weighted by Crippen LogP contribution is 2.43. The number of para-hydroxylation sites is 2. The maximum absolute atomic E-state index is 14.4. The summed E-state index contributed by atoms with van der Waals surface area (Å²) in [4.78, 5) is 92.0. The number of aliphatic imine (C=N–C) groups is 1. The third kappa shape index (κ3) is 19.2. The minimum Gasteiger partial charge on any atom is -0.493 e. The van der Waals surface area contributed by atoms with Crippen molar-refractivity contribution in [1.29, 1.82) is 0 Å². The molecular weight excluding hydrogens is 1250 g/mol. The van der Waals surface area contributed by atoms with Crippen LogP contribution < -0.4 is 51.0 Å². The second-order valence-corrected chi connectivity index (χ2v) is 29.5. The first-order valence-electron chi connectivity index (χ1n) is 34.2. The van der Waals surface area contributed by atoms with E-state index in [9.17, 15) is 28.8 Å². The Hall–Kier alpha value is -7.59. The summed E-state index contributed by atoms with van der Waals surface area (Å²) in [7, 11) is 5.04. The number of rotatable bonds is 37. The summed E-state index contributed by atoms with van der Waals surface area (Å²) in [5, 5.41) is 5.60. The summed E-state index contributed by atoms with van der Waals surface area (Å²) >= 11 is 0. The molecule has 4 aliphatic rings. The molecule has 516 valence electrons. The molecule has 0 aliphatic carbocycles. The van der Waals surface area contributed by atoms with Crippen molar-refractivity contribution in [1.82, 2.24) is 10.6 Å². The zero-order valence-electron chi connectivity index (χ0n) is 57.3. The van der Waals surface area contributed by atoms with Crippen LogP contribution in [0.15, 0.2) is 96.0 Å². The van der Waals surface area contributed by atoms with Crippen LogP contribution in [0, 0.1) is 12.8 Å². The number of nitrogens with zero attached hydrogens (tertiary/aromatic N) is 4. The lowest BCUT2D eigenvalue weighted by Crippen LogP contribution is -2.44. The molecule has 0 bridgehead atoms. The average molecular weight is 1350 g/mol. The molecule has 0 unspecified atom stereocenters. The van der Waals surface area contributed by atoms with Crippen LogP contribution in [0.1, 0.15) is 165 Å². The number of nitrogens with one attached hydrogen (secondary N) is 2. The van der Waals surface area contributed by atoms with Gasteiger partial charge >= 0.3 is 0 Å².